The van der Waals surface area contributed by atoms with Gasteiger partial charge in [-0.2, -0.15) is 0 Å². The zero-order chi connectivity index (χ0) is 14.2. The van der Waals surface area contributed by atoms with Crippen molar-refractivity contribution in [2.45, 2.75) is 13.8 Å². The Morgan fingerprint density at radius 2 is 1.84 bits per heavy atom. The Bertz CT molecular complexity index is 702. The standard InChI is InChI=1S/C14H12BrNO3/c1-8-7-12(18)13(9(2)17)14(19)16(8)11-5-3-10(15)4-6-11/h3-7,18H,1-2H3. The molecule has 0 bridgehead atoms. The largest absolute Gasteiger partial charge is 0.507 e. The van der Waals surface area contributed by atoms with Crippen LogP contribution in [0.4, 0.5) is 0 Å². The molecule has 1 aromatic carbocycles. The number of rotatable bonds is 2. The van der Waals surface area contributed by atoms with Crippen LogP contribution in [0.3, 0.4) is 0 Å². The first kappa shape index (κ1) is 13.5. The molecule has 0 saturated heterocycles. The van der Waals surface area contributed by atoms with E-state index in [4.69, 9.17) is 0 Å². The second-order valence-electron chi connectivity index (χ2n) is 4.22. The van der Waals surface area contributed by atoms with Crippen molar-refractivity contribution in [2.75, 3.05) is 0 Å². The van der Waals surface area contributed by atoms with Crippen molar-refractivity contribution in [1.82, 2.24) is 4.57 Å². The van der Waals surface area contributed by atoms with Crippen LogP contribution in [-0.2, 0) is 0 Å². The average Bonchev–Trinajstić information content (AvgIpc) is 2.30. The highest BCUT2D eigenvalue weighted by Gasteiger charge is 2.16. The zero-order valence-corrected chi connectivity index (χ0v) is 12.1. The van der Waals surface area contributed by atoms with Crippen LogP contribution in [-0.4, -0.2) is 15.5 Å². The molecule has 0 spiro atoms. The summed E-state index contributed by atoms with van der Waals surface area (Å²) in [5, 5.41) is 9.72. The first-order valence-corrected chi connectivity index (χ1v) is 6.43. The van der Waals surface area contributed by atoms with Gasteiger partial charge in [-0.25, -0.2) is 0 Å². The Morgan fingerprint density at radius 1 is 1.26 bits per heavy atom. The van der Waals surface area contributed by atoms with Gasteiger partial charge in [0.15, 0.2) is 5.78 Å². The van der Waals surface area contributed by atoms with Gasteiger partial charge in [0.05, 0.1) is 0 Å². The number of ketones is 1. The van der Waals surface area contributed by atoms with Crippen LogP contribution in [0, 0.1) is 6.92 Å². The maximum absolute atomic E-state index is 12.3. The highest BCUT2D eigenvalue weighted by Crippen LogP contribution is 2.19. The molecule has 2 aromatic rings. The third-order valence-electron chi connectivity index (χ3n) is 2.81. The smallest absolute Gasteiger partial charge is 0.269 e. The zero-order valence-electron chi connectivity index (χ0n) is 10.5. The second-order valence-corrected chi connectivity index (χ2v) is 5.13. The van der Waals surface area contributed by atoms with Crippen molar-refractivity contribution in [2.24, 2.45) is 0 Å². The molecule has 4 nitrogen and oxygen atoms in total. The van der Waals surface area contributed by atoms with Gasteiger partial charge in [0.25, 0.3) is 5.56 Å². The van der Waals surface area contributed by atoms with Gasteiger partial charge in [-0.05, 0) is 38.1 Å². The van der Waals surface area contributed by atoms with E-state index >= 15 is 0 Å². The number of carbonyl (C=O) groups is 1. The molecule has 0 radical (unpaired) electrons. The molecule has 1 heterocycles. The third-order valence-corrected chi connectivity index (χ3v) is 3.34. The molecule has 0 unspecified atom stereocenters. The summed E-state index contributed by atoms with van der Waals surface area (Å²) in [5.74, 6) is -0.725. The normalized spacial score (nSPS) is 10.5. The predicted octanol–water partition coefficient (Wildman–Crippen LogP) is 2.82. The summed E-state index contributed by atoms with van der Waals surface area (Å²) in [5.41, 5.74) is 0.517. The van der Waals surface area contributed by atoms with Crippen molar-refractivity contribution >= 4 is 21.7 Å². The Balaban J connectivity index is 2.77. The van der Waals surface area contributed by atoms with E-state index in [0.717, 1.165) is 4.47 Å². The molecule has 2 rings (SSSR count). The number of benzene rings is 1. The molecule has 0 aliphatic carbocycles. The third kappa shape index (κ3) is 2.46. The molecule has 5 heteroatoms. The summed E-state index contributed by atoms with van der Waals surface area (Å²) in [6.07, 6.45) is 0. The van der Waals surface area contributed by atoms with Crippen LogP contribution in [0.1, 0.15) is 23.0 Å². The van der Waals surface area contributed by atoms with Crippen LogP contribution >= 0.6 is 15.9 Å². The van der Waals surface area contributed by atoms with Crippen LogP contribution in [0.15, 0.2) is 39.6 Å². The van der Waals surface area contributed by atoms with Crippen LogP contribution in [0.2, 0.25) is 0 Å². The lowest BCUT2D eigenvalue weighted by Gasteiger charge is -2.12. The van der Waals surface area contributed by atoms with E-state index in [9.17, 15) is 14.7 Å². The first-order chi connectivity index (χ1) is 8.91. The maximum atomic E-state index is 12.3. The number of aryl methyl sites for hydroxylation is 1. The van der Waals surface area contributed by atoms with Crippen molar-refractivity contribution in [3.8, 4) is 11.4 Å². The summed E-state index contributed by atoms with van der Waals surface area (Å²) in [6.45, 7) is 2.96. The predicted molar refractivity (Wildman–Crippen MR) is 76.1 cm³/mol. The fraction of sp³-hybridized carbons (Fsp3) is 0.143. The van der Waals surface area contributed by atoms with Gasteiger partial charge >= 0.3 is 0 Å². The van der Waals surface area contributed by atoms with Gasteiger partial charge in [-0.15, -0.1) is 0 Å². The van der Waals surface area contributed by atoms with Gasteiger partial charge in [-0.1, -0.05) is 15.9 Å². The lowest BCUT2D eigenvalue weighted by Crippen LogP contribution is -2.26. The Hall–Kier alpha value is -1.88. The number of nitrogens with zero attached hydrogens (tertiary/aromatic N) is 1. The number of aromatic hydroxyl groups is 1. The fourth-order valence-electron chi connectivity index (χ4n) is 1.96. The first-order valence-electron chi connectivity index (χ1n) is 5.64. The summed E-state index contributed by atoms with van der Waals surface area (Å²) in [7, 11) is 0. The summed E-state index contributed by atoms with van der Waals surface area (Å²) in [6, 6.07) is 8.56. The molecule has 0 amide bonds. The molecule has 0 atom stereocenters. The van der Waals surface area contributed by atoms with E-state index in [1.165, 1.54) is 17.6 Å². The minimum atomic E-state index is -0.507. The minimum Gasteiger partial charge on any atom is -0.507 e. The van der Waals surface area contributed by atoms with Gasteiger partial charge in [0, 0.05) is 21.9 Å². The molecular weight excluding hydrogens is 310 g/mol. The average molecular weight is 322 g/mol. The van der Waals surface area contributed by atoms with Gasteiger partial charge in [-0.3, -0.25) is 14.2 Å². The fourth-order valence-corrected chi connectivity index (χ4v) is 2.22. The van der Waals surface area contributed by atoms with Gasteiger partial charge in [0.1, 0.15) is 11.3 Å². The molecular formula is C14H12BrNO3. The van der Waals surface area contributed by atoms with Crippen LogP contribution in [0.25, 0.3) is 5.69 Å². The Kier molecular flexibility index (Phi) is 3.57. The van der Waals surface area contributed by atoms with Crippen molar-refractivity contribution in [1.29, 1.82) is 0 Å². The molecule has 1 N–H and O–H groups in total. The SMILES string of the molecule is CC(=O)c1c(O)cc(C)n(-c2ccc(Br)cc2)c1=O. The Morgan fingerprint density at radius 3 is 2.37 bits per heavy atom. The summed E-state index contributed by atoms with van der Waals surface area (Å²) >= 11 is 3.32. The molecule has 0 saturated carbocycles. The highest BCUT2D eigenvalue weighted by molar-refractivity contribution is 9.10. The topological polar surface area (TPSA) is 59.3 Å². The number of Topliss-reactive ketones (excluding diaryl/α,β-unsaturated/α-hetero) is 1. The van der Waals surface area contributed by atoms with Gasteiger partial charge < -0.3 is 5.11 Å². The number of halogens is 1. The molecule has 0 aliphatic heterocycles. The monoisotopic (exact) mass is 321 g/mol. The molecule has 19 heavy (non-hydrogen) atoms. The van der Waals surface area contributed by atoms with E-state index in [1.54, 1.807) is 19.1 Å². The number of hydrogen-bond acceptors (Lipinski definition) is 3. The molecule has 0 aliphatic rings. The van der Waals surface area contributed by atoms with Crippen molar-refractivity contribution in [3.05, 3.63) is 56.4 Å². The maximum Gasteiger partial charge on any atom is 0.269 e. The lowest BCUT2D eigenvalue weighted by molar-refractivity contribution is 0.101. The molecule has 98 valence electrons. The number of pyridine rings is 1. The summed E-state index contributed by atoms with van der Waals surface area (Å²) in [4.78, 5) is 23.8. The quantitative estimate of drug-likeness (QED) is 0.865. The summed E-state index contributed by atoms with van der Waals surface area (Å²) < 4.78 is 2.30. The number of hydrogen-bond donors (Lipinski definition) is 1. The lowest BCUT2D eigenvalue weighted by atomic mass is 10.1. The van der Waals surface area contributed by atoms with E-state index in [1.807, 2.05) is 12.1 Å². The van der Waals surface area contributed by atoms with Crippen molar-refractivity contribution in [3.63, 3.8) is 0 Å². The second kappa shape index (κ2) is 5.01. The molecule has 0 fully saturated rings. The van der Waals surface area contributed by atoms with Crippen molar-refractivity contribution < 1.29 is 9.90 Å². The highest BCUT2D eigenvalue weighted by atomic mass is 79.9. The van der Waals surface area contributed by atoms with Crippen LogP contribution < -0.4 is 5.56 Å². The number of carbonyl (C=O) groups excluding carboxylic acids is 1. The molecule has 1 aromatic heterocycles. The Labute approximate surface area is 118 Å². The number of aromatic nitrogens is 1. The van der Waals surface area contributed by atoms with E-state index < -0.39 is 11.3 Å². The van der Waals surface area contributed by atoms with Crippen LogP contribution in [0.5, 0.6) is 5.75 Å². The van der Waals surface area contributed by atoms with E-state index in [-0.39, 0.29) is 11.3 Å². The van der Waals surface area contributed by atoms with E-state index in [0.29, 0.717) is 11.4 Å². The van der Waals surface area contributed by atoms with E-state index in [2.05, 4.69) is 15.9 Å². The van der Waals surface area contributed by atoms with Gasteiger partial charge in [0.2, 0.25) is 0 Å². The minimum absolute atomic E-state index is 0.187.